The Kier molecular flexibility index (Phi) is 9.07. The van der Waals surface area contributed by atoms with Crippen LogP contribution in [-0.4, -0.2) is 27.0 Å². The highest BCUT2D eigenvalue weighted by atomic mass is 32.2. The largest absolute Gasteiger partial charge is 0.454 e. The third kappa shape index (κ3) is 8.10. The Balaban J connectivity index is 2.25. The van der Waals surface area contributed by atoms with Gasteiger partial charge in [-0.2, -0.15) is 8.42 Å². The van der Waals surface area contributed by atoms with E-state index in [1.165, 1.54) is 30.7 Å². The molecule has 7 heteroatoms. The zero-order valence-electron chi connectivity index (χ0n) is 13.9. The summed E-state index contributed by atoms with van der Waals surface area (Å²) >= 11 is 0. The molecule has 0 N–H and O–H groups in total. The molecule has 0 aliphatic carbocycles. The van der Waals surface area contributed by atoms with Crippen LogP contribution in [0.25, 0.3) is 0 Å². The van der Waals surface area contributed by atoms with Gasteiger partial charge in [0.2, 0.25) is 0 Å². The van der Waals surface area contributed by atoms with Crippen LogP contribution in [0.3, 0.4) is 0 Å². The molecule has 0 fully saturated rings. The second-order valence-corrected chi connectivity index (χ2v) is 6.95. The van der Waals surface area contributed by atoms with Crippen molar-refractivity contribution >= 4 is 22.1 Å². The minimum atomic E-state index is -4.18. The van der Waals surface area contributed by atoms with Crippen LogP contribution in [0.2, 0.25) is 0 Å². The van der Waals surface area contributed by atoms with Crippen molar-refractivity contribution in [3.63, 3.8) is 0 Å². The third-order valence-electron chi connectivity index (χ3n) is 3.32. The summed E-state index contributed by atoms with van der Waals surface area (Å²) in [5.41, 5.74) is 0. The molecular formula is C17H24O6S. The number of carbonyl (C=O) groups is 2. The summed E-state index contributed by atoms with van der Waals surface area (Å²) in [6.07, 6.45) is 6.41. The Bertz CT molecular complexity index is 609. The molecule has 1 aromatic rings. The molecule has 0 atom stereocenters. The third-order valence-corrected chi connectivity index (χ3v) is 4.57. The normalized spacial score (nSPS) is 11.0. The quantitative estimate of drug-likeness (QED) is 0.344. The predicted octanol–water partition coefficient (Wildman–Crippen LogP) is 3.21. The van der Waals surface area contributed by atoms with Crippen LogP contribution in [0, 0.1) is 0 Å². The second-order valence-electron chi connectivity index (χ2n) is 5.40. The van der Waals surface area contributed by atoms with E-state index in [1.807, 2.05) is 0 Å². The Morgan fingerprint density at radius 2 is 1.54 bits per heavy atom. The number of carbonyl (C=O) groups excluding carboxylic acids is 2. The first-order valence-electron chi connectivity index (χ1n) is 8.13. The van der Waals surface area contributed by atoms with Gasteiger partial charge in [-0.15, -0.1) is 0 Å². The first kappa shape index (κ1) is 20.2. The van der Waals surface area contributed by atoms with Gasteiger partial charge in [0, 0.05) is 6.42 Å². The van der Waals surface area contributed by atoms with Crippen molar-refractivity contribution in [3.8, 4) is 0 Å². The SMILES string of the molecule is CCCCCCCCC(=O)OCC(=O)OS(=O)(=O)c1ccccc1. The molecule has 24 heavy (non-hydrogen) atoms. The standard InChI is InChI=1S/C17H24O6S/c1-2-3-4-5-6-10-13-16(18)22-14-17(19)23-24(20,21)15-11-8-7-9-12-15/h7-9,11-12H,2-6,10,13-14H2,1H3. The average molecular weight is 356 g/mol. The smallest absolute Gasteiger partial charge is 0.360 e. The Morgan fingerprint density at radius 1 is 0.917 bits per heavy atom. The average Bonchev–Trinajstić information content (AvgIpc) is 2.56. The van der Waals surface area contributed by atoms with E-state index < -0.39 is 28.7 Å². The Hall–Kier alpha value is -1.89. The highest BCUT2D eigenvalue weighted by Gasteiger charge is 2.20. The summed E-state index contributed by atoms with van der Waals surface area (Å²) in [7, 11) is -4.18. The lowest BCUT2D eigenvalue weighted by Gasteiger charge is -2.06. The molecule has 0 spiro atoms. The van der Waals surface area contributed by atoms with Crippen LogP contribution in [0.1, 0.15) is 51.9 Å². The van der Waals surface area contributed by atoms with Crippen molar-refractivity contribution < 1.29 is 26.9 Å². The summed E-state index contributed by atoms with van der Waals surface area (Å²) < 4.78 is 32.7. The minimum absolute atomic E-state index is 0.128. The van der Waals surface area contributed by atoms with Crippen molar-refractivity contribution in [1.29, 1.82) is 0 Å². The zero-order valence-corrected chi connectivity index (χ0v) is 14.7. The predicted molar refractivity (Wildman–Crippen MR) is 88.7 cm³/mol. The lowest BCUT2D eigenvalue weighted by atomic mass is 10.1. The Labute approximate surface area is 143 Å². The van der Waals surface area contributed by atoms with Crippen LogP contribution >= 0.6 is 0 Å². The second kappa shape index (κ2) is 10.8. The van der Waals surface area contributed by atoms with Gasteiger partial charge in [0.15, 0.2) is 6.61 Å². The molecular weight excluding hydrogens is 332 g/mol. The maximum Gasteiger partial charge on any atom is 0.360 e. The fourth-order valence-corrected chi connectivity index (χ4v) is 2.92. The molecule has 0 bridgehead atoms. The van der Waals surface area contributed by atoms with Crippen molar-refractivity contribution in [2.24, 2.45) is 0 Å². The lowest BCUT2D eigenvalue weighted by Crippen LogP contribution is -2.20. The fourth-order valence-electron chi connectivity index (χ4n) is 2.04. The maximum atomic E-state index is 11.8. The van der Waals surface area contributed by atoms with Crippen molar-refractivity contribution in [1.82, 2.24) is 0 Å². The molecule has 0 amide bonds. The number of ether oxygens (including phenoxy) is 1. The van der Waals surface area contributed by atoms with Gasteiger partial charge in [0.25, 0.3) is 0 Å². The summed E-state index contributed by atoms with van der Waals surface area (Å²) in [5.74, 6) is -1.64. The van der Waals surface area contributed by atoms with Gasteiger partial charge in [-0.05, 0) is 18.6 Å². The summed E-state index contributed by atoms with van der Waals surface area (Å²) in [6, 6.07) is 7.30. The molecule has 0 saturated heterocycles. The molecule has 0 aliphatic rings. The van der Waals surface area contributed by atoms with Gasteiger partial charge in [0.1, 0.15) is 4.90 Å². The number of rotatable bonds is 11. The van der Waals surface area contributed by atoms with E-state index >= 15 is 0 Å². The van der Waals surface area contributed by atoms with Crippen molar-refractivity contribution in [2.45, 2.75) is 56.8 Å². The van der Waals surface area contributed by atoms with Gasteiger partial charge in [-0.3, -0.25) is 4.79 Å². The molecule has 0 saturated carbocycles. The van der Waals surface area contributed by atoms with Gasteiger partial charge >= 0.3 is 22.1 Å². The molecule has 0 aromatic heterocycles. The van der Waals surface area contributed by atoms with E-state index in [-0.39, 0.29) is 11.3 Å². The monoisotopic (exact) mass is 356 g/mol. The molecule has 0 heterocycles. The molecule has 1 aromatic carbocycles. The van der Waals surface area contributed by atoms with E-state index in [0.717, 1.165) is 25.7 Å². The first-order valence-corrected chi connectivity index (χ1v) is 9.54. The zero-order chi connectivity index (χ0) is 17.8. The van der Waals surface area contributed by atoms with Gasteiger partial charge < -0.3 is 8.92 Å². The van der Waals surface area contributed by atoms with E-state index in [1.54, 1.807) is 6.07 Å². The molecule has 0 unspecified atom stereocenters. The highest BCUT2D eigenvalue weighted by molar-refractivity contribution is 7.87. The van der Waals surface area contributed by atoms with E-state index in [0.29, 0.717) is 6.42 Å². The number of esters is 1. The minimum Gasteiger partial charge on any atom is -0.454 e. The molecule has 0 aliphatic heterocycles. The summed E-state index contributed by atoms with van der Waals surface area (Å²) in [6.45, 7) is 1.43. The van der Waals surface area contributed by atoms with Gasteiger partial charge in [0.05, 0.1) is 0 Å². The van der Waals surface area contributed by atoms with Gasteiger partial charge in [-0.25, -0.2) is 4.79 Å². The molecule has 6 nitrogen and oxygen atoms in total. The van der Waals surface area contributed by atoms with Crippen molar-refractivity contribution in [2.75, 3.05) is 6.61 Å². The number of benzene rings is 1. The maximum absolute atomic E-state index is 11.8. The fraction of sp³-hybridized carbons (Fsp3) is 0.529. The highest BCUT2D eigenvalue weighted by Crippen LogP contribution is 2.12. The van der Waals surface area contributed by atoms with Crippen LogP contribution in [0.4, 0.5) is 0 Å². The van der Waals surface area contributed by atoms with Crippen LogP contribution in [0.5, 0.6) is 0 Å². The molecule has 134 valence electrons. The summed E-state index contributed by atoms with van der Waals surface area (Å²) in [5, 5.41) is 0. The topological polar surface area (TPSA) is 86.7 Å². The van der Waals surface area contributed by atoms with E-state index in [9.17, 15) is 18.0 Å². The Morgan fingerprint density at radius 3 is 2.21 bits per heavy atom. The van der Waals surface area contributed by atoms with Crippen LogP contribution < -0.4 is 0 Å². The molecule has 1 rings (SSSR count). The van der Waals surface area contributed by atoms with Crippen LogP contribution in [-0.2, 0) is 28.6 Å². The number of unbranched alkanes of at least 4 members (excludes halogenated alkanes) is 5. The first-order chi connectivity index (χ1) is 11.5. The van der Waals surface area contributed by atoms with E-state index in [4.69, 9.17) is 4.74 Å². The van der Waals surface area contributed by atoms with E-state index in [2.05, 4.69) is 11.1 Å². The number of hydrogen-bond acceptors (Lipinski definition) is 6. The summed E-state index contributed by atoms with van der Waals surface area (Å²) in [4.78, 5) is 22.9. The van der Waals surface area contributed by atoms with Gasteiger partial charge in [-0.1, -0.05) is 57.2 Å². The molecule has 0 radical (unpaired) electrons. The lowest BCUT2D eigenvalue weighted by molar-refractivity contribution is -0.153. The van der Waals surface area contributed by atoms with Crippen molar-refractivity contribution in [3.05, 3.63) is 30.3 Å². The number of hydrogen-bond donors (Lipinski definition) is 0. The van der Waals surface area contributed by atoms with Crippen LogP contribution in [0.15, 0.2) is 35.2 Å².